The zero-order valence-electron chi connectivity index (χ0n) is 25.7. The first-order valence-electron chi connectivity index (χ1n) is 14.7. The highest BCUT2D eigenvalue weighted by molar-refractivity contribution is 6.30. The van der Waals surface area contributed by atoms with Crippen LogP contribution in [0, 0.1) is 13.8 Å². The molecule has 0 saturated heterocycles. The number of aliphatic imine (C=N–C) groups is 1. The van der Waals surface area contributed by atoms with Crippen LogP contribution in [-0.4, -0.2) is 55.7 Å². The van der Waals surface area contributed by atoms with Crippen LogP contribution in [0.3, 0.4) is 0 Å². The van der Waals surface area contributed by atoms with Crippen molar-refractivity contribution in [1.82, 2.24) is 15.3 Å². The Balaban J connectivity index is 1.85. The van der Waals surface area contributed by atoms with Crippen molar-refractivity contribution in [2.75, 3.05) is 0 Å². The molecular formula is C33H40N4O6. The van der Waals surface area contributed by atoms with Gasteiger partial charge in [0.05, 0.1) is 11.8 Å². The zero-order chi connectivity index (χ0) is 31.6. The van der Waals surface area contributed by atoms with Gasteiger partial charge in [0.15, 0.2) is 0 Å². The molecule has 0 saturated carbocycles. The van der Waals surface area contributed by atoms with Crippen LogP contribution in [-0.2, 0) is 38.4 Å². The number of aromatic nitrogens is 2. The summed E-state index contributed by atoms with van der Waals surface area (Å²) in [5.41, 5.74) is 9.03. The van der Waals surface area contributed by atoms with Crippen LogP contribution in [0.1, 0.15) is 87.0 Å². The van der Waals surface area contributed by atoms with Crippen molar-refractivity contribution in [3.05, 3.63) is 66.6 Å². The number of hydrogen-bond acceptors (Lipinski definition) is 4. The van der Waals surface area contributed by atoms with Crippen molar-refractivity contribution in [1.29, 1.82) is 0 Å². The first-order chi connectivity index (χ1) is 20.4. The van der Waals surface area contributed by atoms with Crippen LogP contribution in [0.25, 0.3) is 12.2 Å². The van der Waals surface area contributed by atoms with Crippen LogP contribution in [0.15, 0.2) is 27.3 Å². The molecule has 2 aromatic rings. The smallest absolute Gasteiger partial charge is 0.303 e. The molecule has 2 amide bonds. The Hall–Kier alpha value is -4.47. The van der Waals surface area contributed by atoms with Crippen LogP contribution in [0.2, 0.25) is 0 Å². The highest BCUT2D eigenvalue weighted by Gasteiger charge is 2.29. The lowest BCUT2D eigenvalue weighted by atomic mass is 9.96. The number of aliphatic carboxylic acids is 2. The van der Waals surface area contributed by atoms with E-state index >= 15 is 0 Å². The fourth-order valence-corrected chi connectivity index (χ4v) is 6.16. The normalized spacial score (nSPS) is 17.9. The van der Waals surface area contributed by atoms with Gasteiger partial charge in [0.25, 0.3) is 5.91 Å². The third kappa shape index (κ3) is 6.48. The number of carboxylic acids is 2. The van der Waals surface area contributed by atoms with E-state index in [1.807, 2.05) is 53.7 Å². The lowest BCUT2D eigenvalue weighted by molar-refractivity contribution is -0.138. The van der Waals surface area contributed by atoms with Crippen LogP contribution >= 0.6 is 0 Å². The number of nitrogens with zero attached hydrogens (tertiary/aromatic N) is 1. The van der Waals surface area contributed by atoms with Gasteiger partial charge in [-0.25, -0.2) is 4.99 Å². The second-order valence-corrected chi connectivity index (χ2v) is 11.2. The quantitative estimate of drug-likeness (QED) is 0.256. The lowest BCUT2D eigenvalue weighted by Crippen LogP contribution is -2.31. The Bertz CT molecular complexity index is 1730. The number of carboxylic acid groups (broad SMARTS) is 2. The van der Waals surface area contributed by atoms with E-state index in [2.05, 4.69) is 20.3 Å². The zero-order valence-corrected chi connectivity index (χ0v) is 25.7. The summed E-state index contributed by atoms with van der Waals surface area (Å²) >= 11 is 0. The van der Waals surface area contributed by atoms with Gasteiger partial charge >= 0.3 is 11.9 Å². The number of carbonyl (C=O) groups is 4. The van der Waals surface area contributed by atoms with Crippen LogP contribution in [0.5, 0.6) is 0 Å². The first-order valence-corrected chi connectivity index (χ1v) is 14.7. The van der Waals surface area contributed by atoms with E-state index in [9.17, 15) is 29.4 Å². The van der Waals surface area contributed by atoms with Crippen molar-refractivity contribution in [2.24, 2.45) is 4.99 Å². The molecule has 0 spiro atoms. The minimum atomic E-state index is -0.914. The van der Waals surface area contributed by atoms with E-state index in [4.69, 9.17) is 0 Å². The van der Waals surface area contributed by atoms with Gasteiger partial charge in [-0.3, -0.25) is 19.2 Å². The van der Waals surface area contributed by atoms with Crippen molar-refractivity contribution in [3.8, 4) is 0 Å². The van der Waals surface area contributed by atoms with Crippen molar-refractivity contribution in [3.63, 3.8) is 0 Å². The van der Waals surface area contributed by atoms with E-state index in [0.29, 0.717) is 35.9 Å². The van der Waals surface area contributed by atoms with Crippen molar-refractivity contribution >= 4 is 41.6 Å². The number of allylic oxidation sites excluding steroid dienone is 1. The third-order valence-corrected chi connectivity index (χ3v) is 8.72. The summed E-state index contributed by atoms with van der Waals surface area (Å²) < 4.78 is 0. The molecular weight excluding hydrogens is 548 g/mol. The molecule has 0 aliphatic carbocycles. The predicted octanol–water partition coefficient (Wildman–Crippen LogP) is 3.08. The Morgan fingerprint density at radius 3 is 2.07 bits per heavy atom. The second kappa shape index (κ2) is 12.8. The van der Waals surface area contributed by atoms with E-state index in [1.165, 1.54) is 0 Å². The maximum absolute atomic E-state index is 12.4. The average Bonchev–Trinajstić information content (AvgIpc) is 3.59. The van der Waals surface area contributed by atoms with E-state index in [1.54, 1.807) is 0 Å². The Labute approximate surface area is 250 Å². The summed E-state index contributed by atoms with van der Waals surface area (Å²) in [6.07, 6.45) is 6.09. The molecule has 228 valence electrons. The van der Waals surface area contributed by atoms with Gasteiger partial charge < -0.3 is 25.5 Å². The molecule has 0 fully saturated rings. The average molecular weight is 589 g/mol. The topological polar surface area (TPSA) is 165 Å². The van der Waals surface area contributed by atoms with E-state index < -0.39 is 11.9 Å². The number of rotatable bonds is 12. The summed E-state index contributed by atoms with van der Waals surface area (Å²) in [4.78, 5) is 58.9. The number of nitrogens with one attached hydrogen (secondary N) is 3. The van der Waals surface area contributed by atoms with Gasteiger partial charge in [-0.15, -0.1) is 0 Å². The highest BCUT2D eigenvalue weighted by atomic mass is 16.4. The molecule has 2 aliphatic rings. The predicted molar refractivity (Wildman–Crippen MR) is 164 cm³/mol. The Kier molecular flexibility index (Phi) is 9.37. The van der Waals surface area contributed by atoms with Gasteiger partial charge in [-0.2, -0.15) is 0 Å². The Morgan fingerprint density at radius 1 is 0.837 bits per heavy atom. The molecule has 0 bridgehead atoms. The molecule has 2 aromatic heterocycles. The van der Waals surface area contributed by atoms with Crippen LogP contribution < -0.4 is 16.0 Å². The molecule has 10 nitrogen and oxygen atoms in total. The number of aromatic amines is 2. The lowest BCUT2D eigenvalue weighted by Gasteiger charge is -2.14. The molecule has 5 N–H and O–H groups in total. The molecule has 0 radical (unpaired) electrons. The van der Waals surface area contributed by atoms with Crippen molar-refractivity contribution < 1.29 is 29.4 Å². The molecule has 1 atom stereocenters. The molecule has 4 rings (SSSR count). The number of amides is 2. The summed E-state index contributed by atoms with van der Waals surface area (Å²) in [5, 5.41) is 23.4. The van der Waals surface area contributed by atoms with Gasteiger partial charge in [0, 0.05) is 52.5 Å². The van der Waals surface area contributed by atoms with Gasteiger partial charge in [0.1, 0.15) is 0 Å². The third-order valence-electron chi connectivity index (χ3n) is 8.72. The summed E-state index contributed by atoms with van der Waals surface area (Å²) in [7, 11) is 0. The second-order valence-electron chi connectivity index (χ2n) is 11.2. The molecule has 4 heterocycles. The SMILES string of the molecule is CCC1=C(C)C(C=c2[nH]/c(=C\c3[nH]c(CC4NC(=O)C(C)=C4CC)c(C)c3CCC(=O)O)c(CCC(=O)O)c2C)=NC1=O. The maximum atomic E-state index is 12.4. The van der Waals surface area contributed by atoms with Gasteiger partial charge in [-0.05, 0) is 98.9 Å². The summed E-state index contributed by atoms with van der Waals surface area (Å²) in [6, 6.07) is -0.144. The van der Waals surface area contributed by atoms with Crippen LogP contribution in [0.4, 0.5) is 0 Å². The number of carbonyl (C=O) groups excluding carboxylic acids is 2. The first kappa shape index (κ1) is 31.5. The molecule has 10 heteroatoms. The molecule has 2 aliphatic heterocycles. The molecule has 0 aromatic carbocycles. The summed E-state index contributed by atoms with van der Waals surface area (Å²) in [5.74, 6) is -2.12. The number of hydrogen-bond donors (Lipinski definition) is 5. The molecule has 1 unspecified atom stereocenters. The fraction of sp³-hybridized carbons (Fsp3) is 0.424. The summed E-state index contributed by atoms with van der Waals surface area (Å²) in [6.45, 7) is 11.5. The largest absolute Gasteiger partial charge is 0.481 e. The van der Waals surface area contributed by atoms with E-state index in [0.717, 1.165) is 62.1 Å². The monoisotopic (exact) mass is 588 g/mol. The van der Waals surface area contributed by atoms with E-state index in [-0.39, 0.29) is 37.1 Å². The van der Waals surface area contributed by atoms with Gasteiger partial charge in [0.2, 0.25) is 5.91 Å². The standard InChI is InChI=1S/C33H40N4O6/c1-7-20-19(6)32(42)37-27(20)14-25-18(5)23(10-12-31(40)41)29(35-25)15-28-22(9-11-30(38)39)17(4)24(34-28)13-26-16(3)21(8-2)33(43)36-26/h13,15,27,34-35H,7-12,14H2,1-6H3,(H,37,42)(H,38,39)(H,40,41)/b24-13?,28-15-. The minimum Gasteiger partial charge on any atom is -0.481 e. The number of H-pyrrole nitrogens is 2. The minimum absolute atomic E-state index is 0.0494. The van der Waals surface area contributed by atoms with Gasteiger partial charge in [-0.1, -0.05) is 13.8 Å². The molecule has 43 heavy (non-hydrogen) atoms. The maximum Gasteiger partial charge on any atom is 0.303 e. The highest BCUT2D eigenvalue weighted by Crippen LogP contribution is 2.27. The fourth-order valence-electron chi connectivity index (χ4n) is 6.16. The van der Waals surface area contributed by atoms with Crippen molar-refractivity contribution in [2.45, 2.75) is 92.5 Å². The Morgan fingerprint density at radius 2 is 1.49 bits per heavy atom.